The minimum atomic E-state index is -0.305. The van der Waals surface area contributed by atoms with Crippen molar-refractivity contribution in [3.05, 3.63) is 42.1 Å². The van der Waals surface area contributed by atoms with E-state index < -0.39 is 0 Å². The second-order valence-electron chi connectivity index (χ2n) is 6.37. The van der Waals surface area contributed by atoms with Gasteiger partial charge in [0.15, 0.2) is 4.34 Å². The Balaban J connectivity index is 1.58. The number of aryl methyl sites for hydroxylation is 1. The first kappa shape index (κ1) is 19.4. The number of rotatable bonds is 7. The van der Waals surface area contributed by atoms with Crippen LogP contribution >= 0.6 is 23.1 Å². The second kappa shape index (κ2) is 8.53. The Morgan fingerprint density at radius 3 is 2.59 bits per heavy atom. The molecule has 142 valence electrons. The van der Waals surface area contributed by atoms with Crippen LogP contribution in [0.3, 0.4) is 0 Å². The van der Waals surface area contributed by atoms with E-state index in [4.69, 9.17) is 0 Å². The zero-order valence-corrected chi connectivity index (χ0v) is 17.3. The molecular formula is C18H22N6OS2. The zero-order chi connectivity index (χ0) is 19.4. The number of carbonyl (C=O) groups is 1. The molecule has 0 saturated heterocycles. The van der Waals surface area contributed by atoms with Crippen LogP contribution in [0.5, 0.6) is 0 Å². The lowest BCUT2D eigenvalue weighted by atomic mass is 10.2. The monoisotopic (exact) mass is 402 g/mol. The van der Waals surface area contributed by atoms with Crippen LogP contribution in [0.1, 0.15) is 32.4 Å². The molecule has 1 amide bonds. The van der Waals surface area contributed by atoms with Gasteiger partial charge in [0.2, 0.25) is 11.0 Å². The van der Waals surface area contributed by atoms with Crippen LogP contribution in [-0.2, 0) is 4.79 Å². The zero-order valence-electron chi connectivity index (χ0n) is 15.6. The van der Waals surface area contributed by atoms with Gasteiger partial charge < -0.3 is 10.6 Å². The van der Waals surface area contributed by atoms with Crippen LogP contribution in [0.15, 0.2) is 40.9 Å². The van der Waals surface area contributed by atoms with Gasteiger partial charge >= 0.3 is 0 Å². The molecule has 2 N–H and O–H groups in total. The third-order valence-electron chi connectivity index (χ3n) is 3.77. The normalized spacial score (nSPS) is 12.2. The van der Waals surface area contributed by atoms with Crippen LogP contribution in [0, 0.1) is 6.92 Å². The highest BCUT2D eigenvalue weighted by molar-refractivity contribution is 8.02. The van der Waals surface area contributed by atoms with E-state index in [1.54, 1.807) is 16.9 Å². The third-order valence-corrected chi connectivity index (χ3v) is 5.79. The molecule has 0 bridgehead atoms. The fraction of sp³-hybridized carbons (Fsp3) is 0.333. The van der Waals surface area contributed by atoms with Gasteiger partial charge in [0, 0.05) is 17.8 Å². The van der Waals surface area contributed by atoms with Crippen LogP contribution in [0.4, 0.5) is 16.6 Å². The van der Waals surface area contributed by atoms with Crippen LogP contribution in [0.2, 0.25) is 0 Å². The quantitative estimate of drug-likeness (QED) is 0.567. The largest absolute Gasteiger partial charge is 0.330 e. The van der Waals surface area contributed by atoms with Gasteiger partial charge in [0.05, 0.1) is 11.4 Å². The molecule has 3 rings (SSSR count). The first-order chi connectivity index (χ1) is 12.9. The molecule has 2 heterocycles. The maximum absolute atomic E-state index is 12.5. The van der Waals surface area contributed by atoms with Gasteiger partial charge in [-0.15, -0.1) is 10.2 Å². The van der Waals surface area contributed by atoms with Crippen LogP contribution < -0.4 is 10.6 Å². The molecule has 0 saturated carbocycles. The summed E-state index contributed by atoms with van der Waals surface area (Å²) >= 11 is 2.81. The highest BCUT2D eigenvalue weighted by Crippen LogP contribution is 2.31. The lowest BCUT2D eigenvalue weighted by Crippen LogP contribution is -2.24. The van der Waals surface area contributed by atoms with E-state index >= 15 is 0 Å². The summed E-state index contributed by atoms with van der Waals surface area (Å²) in [5, 5.41) is 19.1. The van der Waals surface area contributed by atoms with E-state index in [1.165, 1.54) is 28.7 Å². The summed E-state index contributed by atoms with van der Waals surface area (Å²) in [6, 6.07) is 10.0. The molecule has 9 heteroatoms. The highest BCUT2D eigenvalue weighted by atomic mass is 32.2. The van der Waals surface area contributed by atoms with E-state index in [1.807, 2.05) is 52.0 Å². The van der Waals surface area contributed by atoms with Gasteiger partial charge in [-0.3, -0.25) is 4.79 Å². The number of benzene rings is 1. The Morgan fingerprint density at radius 2 is 1.89 bits per heavy atom. The Morgan fingerprint density at radius 1 is 1.15 bits per heavy atom. The molecule has 0 fully saturated rings. The van der Waals surface area contributed by atoms with Crippen molar-refractivity contribution in [2.45, 2.75) is 43.3 Å². The summed E-state index contributed by atoms with van der Waals surface area (Å²) in [5.74, 6) is 0.604. The number of aromatic nitrogens is 4. The molecule has 0 spiro atoms. The van der Waals surface area contributed by atoms with Crippen molar-refractivity contribution >= 4 is 45.6 Å². The molecule has 0 radical (unpaired) electrons. The van der Waals surface area contributed by atoms with Crippen molar-refractivity contribution in [2.24, 2.45) is 0 Å². The van der Waals surface area contributed by atoms with Crippen molar-refractivity contribution < 1.29 is 4.79 Å². The smallest absolute Gasteiger partial charge is 0.238 e. The molecule has 0 unspecified atom stereocenters. The average molecular weight is 403 g/mol. The first-order valence-corrected chi connectivity index (χ1v) is 10.3. The van der Waals surface area contributed by atoms with Crippen molar-refractivity contribution in [1.29, 1.82) is 0 Å². The third kappa shape index (κ3) is 5.08. The molecule has 3 aromatic rings. The Kier molecular flexibility index (Phi) is 6.12. The molecule has 0 aliphatic rings. The van der Waals surface area contributed by atoms with E-state index in [2.05, 4.69) is 25.9 Å². The minimum Gasteiger partial charge on any atom is -0.330 e. The van der Waals surface area contributed by atoms with Crippen LogP contribution in [0.25, 0.3) is 0 Å². The lowest BCUT2D eigenvalue weighted by molar-refractivity contribution is -0.115. The number of nitrogens with one attached hydrogen (secondary N) is 2. The van der Waals surface area contributed by atoms with Gasteiger partial charge in [0.25, 0.3) is 0 Å². The molecule has 0 aliphatic carbocycles. The molecule has 7 nitrogen and oxygen atoms in total. The number of anilines is 3. The number of hydrogen-bond acceptors (Lipinski definition) is 7. The molecule has 2 aromatic heterocycles. The van der Waals surface area contributed by atoms with Crippen LogP contribution in [-0.4, -0.2) is 31.1 Å². The fourth-order valence-electron chi connectivity index (χ4n) is 2.33. The predicted molar refractivity (Wildman–Crippen MR) is 111 cm³/mol. The number of hydrogen-bond donors (Lipinski definition) is 2. The summed E-state index contributed by atoms with van der Waals surface area (Å²) in [6.07, 6.45) is 1.68. The predicted octanol–water partition coefficient (Wildman–Crippen LogP) is 4.49. The molecule has 1 aromatic carbocycles. The lowest BCUT2D eigenvalue weighted by Gasteiger charge is -2.14. The van der Waals surface area contributed by atoms with E-state index in [9.17, 15) is 4.79 Å². The van der Waals surface area contributed by atoms with Gasteiger partial charge in [-0.2, -0.15) is 5.10 Å². The molecule has 27 heavy (non-hydrogen) atoms. The van der Waals surface area contributed by atoms with E-state index in [0.29, 0.717) is 10.9 Å². The van der Waals surface area contributed by atoms with Gasteiger partial charge in [-0.05, 0) is 39.8 Å². The second-order valence-corrected chi connectivity index (χ2v) is 8.93. The fourth-order valence-corrected chi connectivity index (χ4v) is 4.24. The van der Waals surface area contributed by atoms with Gasteiger partial charge in [-0.25, -0.2) is 4.68 Å². The van der Waals surface area contributed by atoms with Crippen molar-refractivity contribution in [1.82, 2.24) is 20.0 Å². The van der Waals surface area contributed by atoms with Crippen molar-refractivity contribution in [3.63, 3.8) is 0 Å². The maximum Gasteiger partial charge on any atom is 0.238 e. The summed E-state index contributed by atoms with van der Waals surface area (Å²) < 4.78 is 2.52. The Labute approximate surface area is 166 Å². The Hall–Kier alpha value is -2.39. The standard InChI is InChI=1S/C18H22N6OS2/c1-11(2)24-15(9-10-19-24)21-16(25)13(4)26-18-23-22-17(27-18)20-14-7-5-12(3)6-8-14/h5-11,13H,1-4H3,(H,20,22)(H,21,25)/t13-/m1/s1. The highest BCUT2D eigenvalue weighted by Gasteiger charge is 2.19. The first-order valence-electron chi connectivity index (χ1n) is 8.60. The molecular weight excluding hydrogens is 380 g/mol. The summed E-state index contributed by atoms with van der Waals surface area (Å²) in [4.78, 5) is 12.5. The van der Waals surface area contributed by atoms with Gasteiger partial charge in [-0.1, -0.05) is 40.8 Å². The molecule has 0 aliphatic heterocycles. The minimum absolute atomic E-state index is 0.0920. The summed E-state index contributed by atoms with van der Waals surface area (Å²) in [5.41, 5.74) is 2.16. The summed E-state index contributed by atoms with van der Waals surface area (Å²) in [6.45, 7) is 7.93. The van der Waals surface area contributed by atoms with Gasteiger partial charge in [0.1, 0.15) is 5.82 Å². The van der Waals surface area contributed by atoms with Crippen molar-refractivity contribution in [3.8, 4) is 0 Å². The number of amides is 1. The maximum atomic E-state index is 12.5. The van der Waals surface area contributed by atoms with E-state index in [-0.39, 0.29) is 17.2 Å². The number of thioether (sulfide) groups is 1. The van der Waals surface area contributed by atoms with E-state index in [0.717, 1.165) is 10.0 Å². The SMILES string of the molecule is Cc1ccc(Nc2nnc(S[C@H](C)C(=O)Nc3ccnn3C(C)C)s2)cc1. The Bertz CT molecular complexity index is 903. The topological polar surface area (TPSA) is 84.7 Å². The average Bonchev–Trinajstić information content (AvgIpc) is 3.26. The number of carbonyl (C=O) groups excluding carboxylic acids is 1. The summed E-state index contributed by atoms with van der Waals surface area (Å²) in [7, 11) is 0. The van der Waals surface area contributed by atoms with Crippen molar-refractivity contribution in [2.75, 3.05) is 10.6 Å². The number of nitrogens with zero attached hydrogens (tertiary/aromatic N) is 4. The molecule has 1 atom stereocenters.